The molecule has 1 aromatic carbocycles. The molecule has 1 aliphatic heterocycles. The summed E-state index contributed by atoms with van der Waals surface area (Å²) < 4.78 is 24.4. The van der Waals surface area contributed by atoms with E-state index in [1.54, 1.807) is 30.7 Å². The minimum absolute atomic E-state index is 0.290. The molecule has 0 spiro atoms. The fourth-order valence-electron chi connectivity index (χ4n) is 2.94. The molecular formula is C18H22FN3O2. The third kappa shape index (κ3) is 4.41. The van der Waals surface area contributed by atoms with Crippen LogP contribution in [-0.2, 0) is 6.54 Å². The number of methoxy groups -OCH3 is 1. The van der Waals surface area contributed by atoms with Gasteiger partial charge in [0, 0.05) is 18.9 Å². The lowest BCUT2D eigenvalue weighted by atomic mass is 9.97. The van der Waals surface area contributed by atoms with Gasteiger partial charge in [-0.1, -0.05) is 6.07 Å². The number of hydrogen-bond donors (Lipinski definition) is 0. The maximum absolute atomic E-state index is 13.8. The Kier molecular flexibility index (Phi) is 5.59. The van der Waals surface area contributed by atoms with Gasteiger partial charge in [0.05, 0.1) is 19.9 Å². The van der Waals surface area contributed by atoms with E-state index in [1.807, 2.05) is 6.07 Å². The first kappa shape index (κ1) is 16.6. The van der Waals surface area contributed by atoms with Gasteiger partial charge >= 0.3 is 0 Å². The number of likely N-dealkylation sites (tertiary alicyclic amines) is 1. The highest BCUT2D eigenvalue weighted by atomic mass is 19.1. The Morgan fingerprint density at radius 1 is 1.25 bits per heavy atom. The molecule has 5 nitrogen and oxygen atoms in total. The van der Waals surface area contributed by atoms with E-state index in [2.05, 4.69) is 14.9 Å². The van der Waals surface area contributed by atoms with Gasteiger partial charge in [0.15, 0.2) is 11.6 Å². The molecule has 1 fully saturated rings. The molecule has 0 atom stereocenters. The van der Waals surface area contributed by atoms with E-state index in [0.717, 1.165) is 38.0 Å². The minimum Gasteiger partial charge on any atom is -0.494 e. The number of halogens is 1. The molecule has 0 radical (unpaired) electrons. The summed E-state index contributed by atoms with van der Waals surface area (Å²) >= 11 is 0. The van der Waals surface area contributed by atoms with Crippen molar-refractivity contribution in [1.82, 2.24) is 14.9 Å². The van der Waals surface area contributed by atoms with E-state index in [4.69, 9.17) is 9.47 Å². The van der Waals surface area contributed by atoms with Crippen molar-refractivity contribution >= 4 is 0 Å². The van der Waals surface area contributed by atoms with Crippen molar-refractivity contribution < 1.29 is 13.9 Å². The Bertz CT molecular complexity index is 646. The van der Waals surface area contributed by atoms with Crippen molar-refractivity contribution in [2.45, 2.75) is 19.4 Å². The molecule has 0 N–H and O–H groups in total. The monoisotopic (exact) mass is 331 g/mol. The van der Waals surface area contributed by atoms with E-state index in [-0.39, 0.29) is 5.82 Å². The Balaban J connectivity index is 1.44. The second-order valence-electron chi connectivity index (χ2n) is 6.04. The fourth-order valence-corrected chi connectivity index (χ4v) is 2.94. The van der Waals surface area contributed by atoms with Crippen LogP contribution in [0.5, 0.6) is 11.6 Å². The SMILES string of the molecule is COc1ccc(CN2CCC(COc3cnccn3)CC2)cc1F. The van der Waals surface area contributed by atoms with Gasteiger partial charge in [-0.15, -0.1) is 0 Å². The number of piperidine rings is 1. The van der Waals surface area contributed by atoms with Crippen LogP contribution < -0.4 is 9.47 Å². The second-order valence-corrected chi connectivity index (χ2v) is 6.04. The van der Waals surface area contributed by atoms with Gasteiger partial charge < -0.3 is 9.47 Å². The lowest BCUT2D eigenvalue weighted by Gasteiger charge is -2.31. The van der Waals surface area contributed by atoms with Crippen LogP contribution in [0.2, 0.25) is 0 Å². The molecule has 1 saturated heterocycles. The second kappa shape index (κ2) is 8.06. The van der Waals surface area contributed by atoms with Crippen molar-refractivity contribution in [3.05, 3.63) is 48.2 Å². The van der Waals surface area contributed by atoms with Gasteiger partial charge in [0.25, 0.3) is 0 Å². The quantitative estimate of drug-likeness (QED) is 0.814. The van der Waals surface area contributed by atoms with Crippen LogP contribution in [0.25, 0.3) is 0 Å². The Labute approximate surface area is 141 Å². The molecule has 3 rings (SSSR count). The maximum Gasteiger partial charge on any atom is 0.232 e. The largest absolute Gasteiger partial charge is 0.494 e. The van der Waals surface area contributed by atoms with Crippen molar-refractivity contribution in [3.8, 4) is 11.6 Å². The fraction of sp³-hybridized carbons (Fsp3) is 0.444. The number of ether oxygens (including phenoxy) is 2. The molecule has 128 valence electrons. The number of benzene rings is 1. The molecule has 0 bridgehead atoms. The van der Waals surface area contributed by atoms with Crippen LogP contribution in [-0.4, -0.2) is 41.7 Å². The molecule has 0 saturated carbocycles. The summed E-state index contributed by atoms with van der Waals surface area (Å²) in [6.45, 7) is 3.41. The topological polar surface area (TPSA) is 47.5 Å². The molecule has 0 amide bonds. The van der Waals surface area contributed by atoms with Crippen molar-refractivity contribution in [1.29, 1.82) is 0 Å². The molecule has 6 heteroatoms. The highest BCUT2D eigenvalue weighted by Crippen LogP contribution is 2.22. The summed E-state index contributed by atoms with van der Waals surface area (Å²) in [7, 11) is 1.48. The summed E-state index contributed by atoms with van der Waals surface area (Å²) in [5.74, 6) is 1.09. The van der Waals surface area contributed by atoms with Crippen LogP contribution in [0, 0.1) is 11.7 Å². The zero-order chi connectivity index (χ0) is 16.8. The number of aromatic nitrogens is 2. The van der Waals surface area contributed by atoms with E-state index < -0.39 is 0 Å². The van der Waals surface area contributed by atoms with Crippen molar-refractivity contribution in [2.24, 2.45) is 5.92 Å². The first-order valence-electron chi connectivity index (χ1n) is 8.18. The standard InChI is InChI=1S/C18H22FN3O2/c1-23-17-3-2-15(10-16(17)19)12-22-8-4-14(5-9-22)13-24-18-11-20-6-7-21-18/h2-3,6-7,10-11,14H,4-5,8-9,12-13H2,1H3. The normalized spacial score (nSPS) is 16.1. The van der Waals surface area contributed by atoms with Gasteiger partial charge in [-0.05, 0) is 49.5 Å². The van der Waals surface area contributed by atoms with Gasteiger partial charge in [-0.2, -0.15) is 0 Å². The average Bonchev–Trinajstić information content (AvgIpc) is 2.62. The smallest absolute Gasteiger partial charge is 0.232 e. The molecule has 24 heavy (non-hydrogen) atoms. The Morgan fingerprint density at radius 3 is 2.75 bits per heavy atom. The van der Waals surface area contributed by atoms with Gasteiger partial charge in [0.1, 0.15) is 0 Å². The first-order valence-corrected chi connectivity index (χ1v) is 8.18. The van der Waals surface area contributed by atoms with E-state index in [1.165, 1.54) is 7.11 Å². The Morgan fingerprint density at radius 2 is 2.08 bits per heavy atom. The molecule has 1 aromatic heterocycles. The highest BCUT2D eigenvalue weighted by molar-refractivity contribution is 5.29. The van der Waals surface area contributed by atoms with Crippen molar-refractivity contribution in [2.75, 3.05) is 26.8 Å². The van der Waals surface area contributed by atoms with Crippen LogP contribution in [0.3, 0.4) is 0 Å². The lowest BCUT2D eigenvalue weighted by Crippen LogP contribution is -2.35. The zero-order valence-electron chi connectivity index (χ0n) is 13.8. The zero-order valence-corrected chi connectivity index (χ0v) is 13.8. The van der Waals surface area contributed by atoms with Crippen LogP contribution in [0.15, 0.2) is 36.8 Å². The summed E-state index contributed by atoms with van der Waals surface area (Å²) in [6, 6.07) is 5.17. The third-order valence-corrected chi connectivity index (χ3v) is 4.34. The molecule has 2 aromatic rings. The predicted octanol–water partition coefficient (Wildman–Crippen LogP) is 2.92. The lowest BCUT2D eigenvalue weighted by molar-refractivity contribution is 0.134. The van der Waals surface area contributed by atoms with E-state index in [0.29, 0.717) is 24.2 Å². The molecule has 2 heterocycles. The Hall–Kier alpha value is -2.21. The number of hydrogen-bond acceptors (Lipinski definition) is 5. The highest BCUT2D eigenvalue weighted by Gasteiger charge is 2.20. The molecule has 1 aliphatic rings. The van der Waals surface area contributed by atoms with Crippen LogP contribution in [0.1, 0.15) is 18.4 Å². The number of rotatable bonds is 6. The predicted molar refractivity (Wildman–Crippen MR) is 88.5 cm³/mol. The third-order valence-electron chi connectivity index (χ3n) is 4.34. The average molecular weight is 331 g/mol. The first-order chi connectivity index (χ1) is 11.7. The summed E-state index contributed by atoms with van der Waals surface area (Å²) in [6.07, 6.45) is 7.03. The van der Waals surface area contributed by atoms with Gasteiger partial charge in [-0.25, -0.2) is 9.37 Å². The maximum atomic E-state index is 13.8. The molecule has 0 aliphatic carbocycles. The summed E-state index contributed by atoms with van der Waals surface area (Å²) in [5.41, 5.74) is 0.975. The van der Waals surface area contributed by atoms with Crippen molar-refractivity contribution in [3.63, 3.8) is 0 Å². The van der Waals surface area contributed by atoms with Gasteiger partial charge in [-0.3, -0.25) is 9.88 Å². The van der Waals surface area contributed by atoms with E-state index in [9.17, 15) is 4.39 Å². The van der Waals surface area contributed by atoms with E-state index >= 15 is 0 Å². The van der Waals surface area contributed by atoms with Gasteiger partial charge in [0.2, 0.25) is 5.88 Å². The molecule has 0 unspecified atom stereocenters. The summed E-state index contributed by atoms with van der Waals surface area (Å²) in [5, 5.41) is 0. The molecular weight excluding hydrogens is 309 g/mol. The van der Waals surface area contributed by atoms with Crippen LogP contribution >= 0.6 is 0 Å². The minimum atomic E-state index is -0.303. The number of nitrogens with zero attached hydrogens (tertiary/aromatic N) is 3. The summed E-state index contributed by atoms with van der Waals surface area (Å²) in [4.78, 5) is 10.5. The van der Waals surface area contributed by atoms with Crippen LogP contribution in [0.4, 0.5) is 4.39 Å².